The summed E-state index contributed by atoms with van der Waals surface area (Å²) < 4.78 is 6.72. The molecule has 0 aliphatic heterocycles. The molecule has 0 unspecified atom stereocenters. The van der Waals surface area contributed by atoms with Gasteiger partial charge < -0.3 is 4.42 Å². The van der Waals surface area contributed by atoms with Crippen LogP contribution in [0.2, 0.25) is 0 Å². The van der Waals surface area contributed by atoms with Crippen LogP contribution in [0.3, 0.4) is 0 Å². The molecule has 9 rings (SSSR count). The number of furan rings is 1. The van der Waals surface area contributed by atoms with Gasteiger partial charge in [0.05, 0.1) is 0 Å². The molecule has 0 amide bonds. The molecule has 1 nitrogen and oxygen atoms in total. The minimum absolute atomic E-state index is 0.918. The highest BCUT2D eigenvalue weighted by Crippen LogP contribution is 2.48. The van der Waals surface area contributed by atoms with Crippen molar-refractivity contribution in [3.05, 3.63) is 146 Å². The summed E-state index contributed by atoms with van der Waals surface area (Å²) in [6, 6.07) is 52.5. The van der Waals surface area contributed by atoms with Crippen LogP contribution in [0.1, 0.15) is 0 Å². The Hall–Kier alpha value is -5.40. The predicted octanol–water partition coefficient (Wildman–Crippen LogP) is 11.5. The Kier molecular flexibility index (Phi) is 4.67. The number of fused-ring (bicyclic) bond motifs is 8. The molecule has 0 saturated carbocycles. The van der Waals surface area contributed by atoms with Crippen LogP contribution in [0.5, 0.6) is 0 Å². The SMILES string of the molecule is c1ccc2c(-c3c4ccccc4c(-c4cc5ccccc5c5c4oc4ccccc45)c4ccccc34)cccc2c1. The Bertz CT molecular complexity index is 2410. The van der Waals surface area contributed by atoms with E-state index in [1.807, 2.05) is 0 Å². The molecular weight excluding hydrogens is 496 g/mol. The van der Waals surface area contributed by atoms with Crippen molar-refractivity contribution in [1.82, 2.24) is 0 Å². The Labute approximate surface area is 236 Å². The minimum atomic E-state index is 0.918. The van der Waals surface area contributed by atoms with E-state index in [-0.39, 0.29) is 0 Å². The predicted molar refractivity (Wildman–Crippen MR) is 175 cm³/mol. The van der Waals surface area contributed by atoms with Crippen LogP contribution in [0.25, 0.3) is 87.3 Å². The van der Waals surface area contributed by atoms with Gasteiger partial charge in [-0.25, -0.2) is 0 Å². The number of rotatable bonds is 2. The second-order valence-corrected chi connectivity index (χ2v) is 10.8. The first-order chi connectivity index (χ1) is 20.4. The van der Waals surface area contributed by atoms with Crippen LogP contribution in [-0.2, 0) is 0 Å². The third-order valence-corrected chi connectivity index (χ3v) is 8.63. The van der Waals surface area contributed by atoms with E-state index >= 15 is 0 Å². The van der Waals surface area contributed by atoms with Gasteiger partial charge in [-0.05, 0) is 66.3 Å². The van der Waals surface area contributed by atoms with Gasteiger partial charge in [0.1, 0.15) is 11.2 Å². The van der Waals surface area contributed by atoms with Gasteiger partial charge in [0, 0.05) is 21.9 Å². The van der Waals surface area contributed by atoms with Crippen molar-refractivity contribution in [3.63, 3.8) is 0 Å². The fraction of sp³-hybridized carbons (Fsp3) is 0. The first kappa shape index (κ1) is 22.4. The number of benzene rings is 8. The monoisotopic (exact) mass is 520 g/mol. The van der Waals surface area contributed by atoms with Gasteiger partial charge in [-0.1, -0.05) is 133 Å². The quantitative estimate of drug-likeness (QED) is 0.207. The maximum absolute atomic E-state index is 6.72. The van der Waals surface area contributed by atoms with E-state index < -0.39 is 0 Å². The number of hydrogen-bond donors (Lipinski definition) is 0. The lowest BCUT2D eigenvalue weighted by atomic mass is 9.84. The lowest BCUT2D eigenvalue weighted by molar-refractivity contribution is 0.670. The highest BCUT2D eigenvalue weighted by atomic mass is 16.3. The zero-order valence-electron chi connectivity index (χ0n) is 22.3. The van der Waals surface area contributed by atoms with Gasteiger partial charge in [-0.3, -0.25) is 0 Å². The summed E-state index contributed by atoms with van der Waals surface area (Å²) in [6.07, 6.45) is 0. The first-order valence-electron chi connectivity index (χ1n) is 14.1. The fourth-order valence-electron chi connectivity index (χ4n) is 6.91. The molecule has 190 valence electrons. The van der Waals surface area contributed by atoms with Crippen LogP contribution >= 0.6 is 0 Å². The zero-order valence-corrected chi connectivity index (χ0v) is 22.3. The molecule has 0 spiro atoms. The summed E-state index contributed by atoms with van der Waals surface area (Å²) in [4.78, 5) is 0. The molecule has 0 radical (unpaired) electrons. The second kappa shape index (κ2) is 8.55. The molecule has 8 aromatic carbocycles. The molecule has 0 atom stereocenters. The van der Waals surface area contributed by atoms with E-state index in [1.54, 1.807) is 0 Å². The van der Waals surface area contributed by atoms with Crippen molar-refractivity contribution >= 4 is 65.0 Å². The van der Waals surface area contributed by atoms with Crippen molar-refractivity contribution in [1.29, 1.82) is 0 Å². The largest absolute Gasteiger partial charge is 0.455 e. The Morgan fingerprint density at radius 1 is 0.341 bits per heavy atom. The van der Waals surface area contributed by atoms with E-state index in [2.05, 4.69) is 146 Å². The molecule has 0 fully saturated rings. The minimum Gasteiger partial charge on any atom is -0.455 e. The van der Waals surface area contributed by atoms with E-state index in [9.17, 15) is 0 Å². The zero-order chi connectivity index (χ0) is 26.9. The molecule has 0 N–H and O–H groups in total. The molecule has 0 aliphatic rings. The molecule has 41 heavy (non-hydrogen) atoms. The Morgan fingerprint density at radius 3 is 1.51 bits per heavy atom. The Morgan fingerprint density at radius 2 is 0.829 bits per heavy atom. The standard InChI is InChI=1S/C40H24O/c1-3-15-27-25(12-1)14-11-22-29(27)37-30-17-5-7-19-32(30)38(33-20-8-6-18-31(33)37)35-24-26-13-2-4-16-28(26)39-34-21-9-10-23-36(34)41-40(35)39/h1-24H. The fourth-order valence-corrected chi connectivity index (χ4v) is 6.91. The van der Waals surface area contributed by atoms with Gasteiger partial charge in [-0.15, -0.1) is 0 Å². The second-order valence-electron chi connectivity index (χ2n) is 10.8. The lowest BCUT2D eigenvalue weighted by Gasteiger charge is -2.19. The van der Waals surface area contributed by atoms with Crippen LogP contribution in [0.15, 0.2) is 150 Å². The molecular formula is C40H24O. The van der Waals surface area contributed by atoms with Gasteiger partial charge in [0.15, 0.2) is 0 Å². The van der Waals surface area contributed by atoms with E-state index in [0.717, 1.165) is 22.1 Å². The molecule has 1 aromatic heterocycles. The van der Waals surface area contributed by atoms with E-state index in [0.29, 0.717) is 0 Å². The molecule has 1 heterocycles. The van der Waals surface area contributed by atoms with E-state index in [4.69, 9.17) is 4.42 Å². The summed E-state index contributed by atoms with van der Waals surface area (Å²) in [6.45, 7) is 0. The summed E-state index contributed by atoms with van der Waals surface area (Å²) in [5.41, 5.74) is 6.74. The molecule has 0 bridgehead atoms. The van der Waals surface area contributed by atoms with Gasteiger partial charge in [-0.2, -0.15) is 0 Å². The summed E-state index contributed by atoms with van der Waals surface area (Å²) >= 11 is 0. The van der Waals surface area contributed by atoms with Crippen LogP contribution in [-0.4, -0.2) is 0 Å². The van der Waals surface area contributed by atoms with Crippen molar-refractivity contribution in [2.75, 3.05) is 0 Å². The van der Waals surface area contributed by atoms with Gasteiger partial charge in [0.25, 0.3) is 0 Å². The number of para-hydroxylation sites is 1. The van der Waals surface area contributed by atoms with Crippen LogP contribution in [0, 0.1) is 0 Å². The summed E-state index contributed by atoms with van der Waals surface area (Å²) in [5.74, 6) is 0. The van der Waals surface area contributed by atoms with E-state index in [1.165, 1.54) is 65.2 Å². The summed E-state index contributed by atoms with van der Waals surface area (Å²) in [5, 5.41) is 12.2. The van der Waals surface area contributed by atoms with Crippen molar-refractivity contribution in [2.24, 2.45) is 0 Å². The van der Waals surface area contributed by atoms with Crippen molar-refractivity contribution in [2.45, 2.75) is 0 Å². The smallest absolute Gasteiger partial charge is 0.143 e. The third-order valence-electron chi connectivity index (χ3n) is 8.63. The number of hydrogen-bond acceptors (Lipinski definition) is 1. The highest BCUT2D eigenvalue weighted by Gasteiger charge is 2.22. The van der Waals surface area contributed by atoms with Crippen molar-refractivity contribution < 1.29 is 4.42 Å². The third kappa shape index (κ3) is 3.18. The molecule has 0 aliphatic carbocycles. The Balaban J connectivity index is 1.51. The molecule has 0 saturated heterocycles. The molecule has 1 heteroatoms. The van der Waals surface area contributed by atoms with Crippen LogP contribution < -0.4 is 0 Å². The lowest BCUT2D eigenvalue weighted by Crippen LogP contribution is -1.92. The highest BCUT2D eigenvalue weighted by molar-refractivity contribution is 6.29. The summed E-state index contributed by atoms with van der Waals surface area (Å²) in [7, 11) is 0. The normalized spacial score (nSPS) is 11.9. The molecule has 9 aromatic rings. The maximum atomic E-state index is 6.72. The average molecular weight is 521 g/mol. The van der Waals surface area contributed by atoms with Crippen molar-refractivity contribution in [3.8, 4) is 22.3 Å². The van der Waals surface area contributed by atoms with Crippen LogP contribution in [0.4, 0.5) is 0 Å². The van der Waals surface area contributed by atoms with Gasteiger partial charge in [0.2, 0.25) is 0 Å². The van der Waals surface area contributed by atoms with Gasteiger partial charge >= 0.3 is 0 Å². The maximum Gasteiger partial charge on any atom is 0.143 e. The topological polar surface area (TPSA) is 13.1 Å². The first-order valence-corrected chi connectivity index (χ1v) is 14.1. The average Bonchev–Trinajstić information content (AvgIpc) is 3.43.